The minimum Gasteiger partial charge on any atom is -0.487 e. The van der Waals surface area contributed by atoms with Gasteiger partial charge in [0.15, 0.2) is 5.82 Å². The Bertz CT molecular complexity index is 739. The number of rotatable bonds is 3. The molecule has 1 amide bonds. The normalized spacial score (nSPS) is 15.7. The van der Waals surface area contributed by atoms with E-state index in [4.69, 9.17) is 4.74 Å². The molecule has 1 aliphatic heterocycles. The third-order valence-corrected chi connectivity index (χ3v) is 3.88. The average molecular weight is 311 g/mol. The van der Waals surface area contributed by atoms with Crippen molar-refractivity contribution in [1.82, 2.24) is 15.3 Å². The number of benzene rings is 1. The number of carbonyl (C=O) groups is 1. The zero-order valence-electron chi connectivity index (χ0n) is 13.9. The zero-order valence-corrected chi connectivity index (χ0v) is 13.9. The standard InChI is InChI=1S/C18H21N3O2/c1-17(2)11-13-7-6-12(10-14(13)23-17)15(22)21-18(3,4)16-19-8-5-9-20-16/h5-10H,11H2,1-4H3,(H,21,22). The Morgan fingerprint density at radius 2 is 1.96 bits per heavy atom. The van der Waals surface area contributed by atoms with Gasteiger partial charge in [-0.2, -0.15) is 0 Å². The molecule has 0 radical (unpaired) electrons. The molecule has 3 rings (SSSR count). The molecule has 23 heavy (non-hydrogen) atoms. The Morgan fingerprint density at radius 1 is 1.26 bits per heavy atom. The summed E-state index contributed by atoms with van der Waals surface area (Å²) in [4.78, 5) is 21.0. The summed E-state index contributed by atoms with van der Waals surface area (Å²) in [7, 11) is 0. The molecule has 0 spiro atoms. The lowest BCUT2D eigenvalue weighted by Gasteiger charge is -2.24. The van der Waals surface area contributed by atoms with Gasteiger partial charge in [-0.3, -0.25) is 4.79 Å². The van der Waals surface area contributed by atoms with E-state index >= 15 is 0 Å². The predicted molar refractivity (Wildman–Crippen MR) is 87.4 cm³/mol. The number of nitrogens with one attached hydrogen (secondary N) is 1. The molecule has 0 fully saturated rings. The molecular formula is C18H21N3O2. The third kappa shape index (κ3) is 3.18. The molecule has 0 bridgehead atoms. The van der Waals surface area contributed by atoms with Crippen LogP contribution in [0.5, 0.6) is 5.75 Å². The smallest absolute Gasteiger partial charge is 0.252 e. The van der Waals surface area contributed by atoms with Gasteiger partial charge in [-0.15, -0.1) is 0 Å². The fourth-order valence-corrected chi connectivity index (χ4v) is 2.76. The first-order valence-electron chi connectivity index (χ1n) is 7.69. The summed E-state index contributed by atoms with van der Waals surface area (Å²) >= 11 is 0. The van der Waals surface area contributed by atoms with Crippen molar-refractivity contribution in [1.29, 1.82) is 0 Å². The number of hydrogen-bond acceptors (Lipinski definition) is 4. The molecule has 2 heterocycles. The van der Waals surface area contributed by atoms with Gasteiger partial charge in [0, 0.05) is 24.4 Å². The summed E-state index contributed by atoms with van der Waals surface area (Å²) in [6.45, 7) is 7.85. The van der Waals surface area contributed by atoms with E-state index in [1.54, 1.807) is 24.5 Å². The van der Waals surface area contributed by atoms with Crippen molar-refractivity contribution in [2.45, 2.75) is 45.3 Å². The van der Waals surface area contributed by atoms with E-state index in [9.17, 15) is 4.79 Å². The zero-order chi connectivity index (χ0) is 16.7. The SMILES string of the molecule is CC1(C)Cc2ccc(C(=O)NC(C)(C)c3ncccn3)cc2O1. The minimum absolute atomic E-state index is 0.168. The van der Waals surface area contributed by atoms with E-state index in [0.29, 0.717) is 11.4 Å². The highest BCUT2D eigenvalue weighted by Gasteiger charge is 2.31. The van der Waals surface area contributed by atoms with E-state index in [1.807, 2.05) is 39.8 Å². The molecule has 5 nitrogen and oxygen atoms in total. The first kappa shape index (κ1) is 15.5. The second kappa shape index (κ2) is 5.33. The van der Waals surface area contributed by atoms with Crippen LogP contribution in [0.25, 0.3) is 0 Å². The molecule has 0 saturated carbocycles. The van der Waals surface area contributed by atoms with Gasteiger partial charge in [0.05, 0.1) is 5.54 Å². The predicted octanol–water partition coefficient (Wildman–Crippen LogP) is 2.86. The van der Waals surface area contributed by atoms with Crippen LogP contribution < -0.4 is 10.1 Å². The molecule has 2 aromatic rings. The maximum atomic E-state index is 12.6. The van der Waals surface area contributed by atoms with Gasteiger partial charge in [-0.1, -0.05) is 6.07 Å². The minimum atomic E-state index is -0.655. The van der Waals surface area contributed by atoms with Gasteiger partial charge in [0.25, 0.3) is 5.91 Å². The number of nitrogens with zero attached hydrogens (tertiary/aromatic N) is 2. The van der Waals surface area contributed by atoms with Crippen LogP contribution in [0.2, 0.25) is 0 Å². The van der Waals surface area contributed by atoms with Gasteiger partial charge >= 0.3 is 0 Å². The van der Waals surface area contributed by atoms with Crippen LogP contribution in [-0.2, 0) is 12.0 Å². The van der Waals surface area contributed by atoms with Gasteiger partial charge in [0.1, 0.15) is 11.4 Å². The largest absolute Gasteiger partial charge is 0.487 e. The highest BCUT2D eigenvalue weighted by atomic mass is 16.5. The fourth-order valence-electron chi connectivity index (χ4n) is 2.76. The first-order chi connectivity index (χ1) is 10.8. The number of hydrogen-bond donors (Lipinski definition) is 1. The van der Waals surface area contributed by atoms with Crippen molar-refractivity contribution < 1.29 is 9.53 Å². The van der Waals surface area contributed by atoms with Crippen LogP contribution in [0.1, 0.15) is 49.4 Å². The lowest BCUT2D eigenvalue weighted by Crippen LogP contribution is -2.42. The van der Waals surface area contributed by atoms with E-state index in [1.165, 1.54) is 0 Å². The summed E-state index contributed by atoms with van der Waals surface area (Å²) < 4.78 is 5.90. The summed E-state index contributed by atoms with van der Waals surface area (Å²) in [5.41, 5.74) is 0.842. The number of aromatic nitrogens is 2. The second-order valence-electron chi connectivity index (χ2n) is 7.01. The number of fused-ring (bicyclic) bond motifs is 1. The second-order valence-corrected chi connectivity index (χ2v) is 7.01. The topological polar surface area (TPSA) is 64.1 Å². The van der Waals surface area contributed by atoms with Crippen LogP contribution in [0, 0.1) is 0 Å². The van der Waals surface area contributed by atoms with Gasteiger partial charge < -0.3 is 10.1 Å². The quantitative estimate of drug-likeness (QED) is 0.946. The monoisotopic (exact) mass is 311 g/mol. The van der Waals surface area contributed by atoms with E-state index in [-0.39, 0.29) is 11.5 Å². The molecule has 1 N–H and O–H groups in total. The summed E-state index contributed by atoms with van der Waals surface area (Å²) in [5.74, 6) is 1.20. The fraction of sp³-hybridized carbons (Fsp3) is 0.389. The van der Waals surface area contributed by atoms with Crippen molar-refractivity contribution in [3.8, 4) is 5.75 Å². The van der Waals surface area contributed by atoms with E-state index < -0.39 is 5.54 Å². The Hall–Kier alpha value is -2.43. The van der Waals surface area contributed by atoms with Crippen molar-refractivity contribution in [3.05, 3.63) is 53.6 Å². The van der Waals surface area contributed by atoms with Gasteiger partial charge in [0.2, 0.25) is 0 Å². The van der Waals surface area contributed by atoms with Crippen molar-refractivity contribution in [3.63, 3.8) is 0 Å². The van der Waals surface area contributed by atoms with Crippen LogP contribution in [0.4, 0.5) is 0 Å². The van der Waals surface area contributed by atoms with Crippen molar-refractivity contribution in [2.24, 2.45) is 0 Å². The Morgan fingerprint density at radius 3 is 2.65 bits per heavy atom. The molecule has 120 valence electrons. The van der Waals surface area contributed by atoms with Gasteiger partial charge in [-0.25, -0.2) is 9.97 Å². The lowest BCUT2D eigenvalue weighted by atomic mass is 10.00. The van der Waals surface area contributed by atoms with Gasteiger partial charge in [-0.05, 0) is 51.5 Å². The molecule has 5 heteroatoms. The first-order valence-corrected chi connectivity index (χ1v) is 7.69. The number of ether oxygens (including phenoxy) is 1. The summed E-state index contributed by atoms with van der Waals surface area (Å²) in [6.07, 6.45) is 4.19. The number of amides is 1. The van der Waals surface area contributed by atoms with Crippen LogP contribution in [0.15, 0.2) is 36.7 Å². The molecule has 0 atom stereocenters. The van der Waals surface area contributed by atoms with Crippen molar-refractivity contribution >= 4 is 5.91 Å². The molecule has 0 saturated heterocycles. The maximum Gasteiger partial charge on any atom is 0.252 e. The van der Waals surface area contributed by atoms with Crippen LogP contribution in [0.3, 0.4) is 0 Å². The highest BCUT2D eigenvalue weighted by Crippen LogP contribution is 2.35. The Balaban J connectivity index is 1.80. The summed E-state index contributed by atoms with van der Waals surface area (Å²) in [6, 6.07) is 7.36. The molecule has 0 aliphatic carbocycles. The third-order valence-electron chi connectivity index (χ3n) is 3.88. The molecule has 1 aliphatic rings. The average Bonchev–Trinajstić information content (AvgIpc) is 2.80. The molecule has 1 aromatic heterocycles. The molecule has 0 unspecified atom stereocenters. The Labute approximate surface area is 136 Å². The molecular weight excluding hydrogens is 290 g/mol. The van der Waals surface area contributed by atoms with Crippen LogP contribution >= 0.6 is 0 Å². The van der Waals surface area contributed by atoms with E-state index in [2.05, 4.69) is 15.3 Å². The summed E-state index contributed by atoms with van der Waals surface area (Å²) in [5, 5.41) is 2.98. The lowest BCUT2D eigenvalue weighted by molar-refractivity contribution is 0.0906. The maximum absolute atomic E-state index is 12.6. The van der Waals surface area contributed by atoms with Crippen molar-refractivity contribution in [2.75, 3.05) is 0 Å². The van der Waals surface area contributed by atoms with E-state index in [0.717, 1.165) is 17.7 Å². The Kier molecular flexibility index (Phi) is 3.59. The number of carbonyl (C=O) groups excluding carboxylic acids is 1. The van der Waals surface area contributed by atoms with Crippen LogP contribution in [-0.4, -0.2) is 21.5 Å². The highest BCUT2D eigenvalue weighted by molar-refractivity contribution is 5.95. The molecule has 1 aromatic carbocycles.